The van der Waals surface area contributed by atoms with Gasteiger partial charge in [0.1, 0.15) is 5.75 Å². The summed E-state index contributed by atoms with van der Waals surface area (Å²) in [6, 6.07) is 6.35. The van der Waals surface area contributed by atoms with Crippen molar-refractivity contribution >= 4 is 15.9 Å². The number of ether oxygens (including phenoxy) is 1. The van der Waals surface area contributed by atoms with E-state index in [4.69, 9.17) is 4.74 Å². The van der Waals surface area contributed by atoms with E-state index in [-0.39, 0.29) is 0 Å². The zero-order valence-corrected chi connectivity index (χ0v) is 11.3. The molecule has 0 unspecified atom stereocenters. The second-order valence-corrected chi connectivity index (χ2v) is 4.36. The van der Waals surface area contributed by atoms with E-state index in [0.29, 0.717) is 6.10 Å². The second-order valence-electron chi connectivity index (χ2n) is 3.80. The number of alkyl halides is 1. The number of benzene rings is 1. The Bertz CT molecular complexity index is 305. The van der Waals surface area contributed by atoms with Crippen LogP contribution in [0.4, 0.5) is 0 Å². The predicted octanol–water partition coefficient (Wildman–Crippen LogP) is 4.46. The van der Waals surface area contributed by atoms with Crippen LogP contribution in [0.3, 0.4) is 0 Å². The molecular formula is C13H19BrO. The molecule has 0 spiro atoms. The van der Waals surface area contributed by atoms with E-state index in [1.165, 1.54) is 11.1 Å². The minimum atomic E-state index is 0.338. The number of hydrogen-bond donors (Lipinski definition) is 0. The van der Waals surface area contributed by atoms with E-state index in [0.717, 1.165) is 23.9 Å². The van der Waals surface area contributed by atoms with Crippen LogP contribution in [0.1, 0.15) is 37.8 Å². The Hall–Kier alpha value is -0.500. The summed E-state index contributed by atoms with van der Waals surface area (Å²) in [6.07, 6.45) is 2.46. The molecule has 0 aromatic heterocycles. The smallest absolute Gasteiger partial charge is 0.123 e. The van der Waals surface area contributed by atoms with Crippen molar-refractivity contribution in [2.45, 2.75) is 45.0 Å². The summed E-state index contributed by atoms with van der Waals surface area (Å²) in [5.41, 5.74) is 2.52. The Morgan fingerprint density at radius 3 is 2.47 bits per heavy atom. The molecule has 0 aliphatic rings. The van der Waals surface area contributed by atoms with Crippen LogP contribution in [0.2, 0.25) is 0 Å². The number of aryl methyl sites for hydroxylation is 1. The summed E-state index contributed by atoms with van der Waals surface area (Å²) in [5.74, 6) is 1.02. The second kappa shape index (κ2) is 6.16. The molecule has 0 aliphatic heterocycles. The van der Waals surface area contributed by atoms with E-state index < -0.39 is 0 Å². The molecule has 1 aromatic carbocycles. The van der Waals surface area contributed by atoms with E-state index in [1.54, 1.807) is 0 Å². The highest BCUT2D eigenvalue weighted by Gasteiger charge is 2.08. The van der Waals surface area contributed by atoms with Crippen molar-refractivity contribution in [3.05, 3.63) is 29.3 Å². The molecule has 0 saturated carbocycles. The first kappa shape index (κ1) is 12.6. The number of hydrogen-bond acceptors (Lipinski definition) is 1. The molecule has 84 valence electrons. The van der Waals surface area contributed by atoms with Crippen molar-refractivity contribution in [1.29, 1.82) is 0 Å². The van der Waals surface area contributed by atoms with E-state index in [1.807, 2.05) is 0 Å². The van der Waals surface area contributed by atoms with E-state index in [9.17, 15) is 0 Å². The van der Waals surface area contributed by atoms with E-state index in [2.05, 4.69) is 54.9 Å². The summed E-state index contributed by atoms with van der Waals surface area (Å²) < 4.78 is 5.96. The molecule has 0 bridgehead atoms. The molecule has 1 aromatic rings. The first-order chi connectivity index (χ1) is 7.21. The number of rotatable bonds is 5. The van der Waals surface area contributed by atoms with Crippen molar-refractivity contribution in [2.75, 3.05) is 0 Å². The van der Waals surface area contributed by atoms with Crippen LogP contribution < -0.4 is 4.74 Å². The van der Waals surface area contributed by atoms with Gasteiger partial charge in [0, 0.05) is 10.9 Å². The van der Waals surface area contributed by atoms with Gasteiger partial charge in [0.05, 0.1) is 6.10 Å². The number of halogens is 1. The standard InChI is InChI=1S/C13H19BrO/c1-4-12(5-2)15-13-7-6-10(3)8-11(13)9-14/h6-8,12H,4-5,9H2,1-3H3. The van der Waals surface area contributed by atoms with Gasteiger partial charge in [-0.05, 0) is 25.8 Å². The zero-order chi connectivity index (χ0) is 11.3. The average Bonchev–Trinajstić information content (AvgIpc) is 2.27. The molecule has 0 saturated heterocycles. The molecule has 0 N–H and O–H groups in total. The first-order valence-corrected chi connectivity index (χ1v) is 6.65. The third kappa shape index (κ3) is 3.53. The average molecular weight is 271 g/mol. The SMILES string of the molecule is CCC(CC)Oc1ccc(C)cc1CBr. The van der Waals surface area contributed by atoms with Gasteiger partial charge in [0.2, 0.25) is 0 Å². The molecule has 0 fully saturated rings. The van der Waals surface area contributed by atoms with Crippen molar-refractivity contribution in [3.8, 4) is 5.75 Å². The van der Waals surface area contributed by atoms with Crippen LogP contribution in [0, 0.1) is 6.92 Å². The molecule has 0 amide bonds. The van der Waals surface area contributed by atoms with Crippen LogP contribution in [0.5, 0.6) is 5.75 Å². The monoisotopic (exact) mass is 270 g/mol. The lowest BCUT2D eigenvalue weighted by atomic mass is 10.1. The van der Waals surface area contributed by atoms with Crippen molar-refractivity contribution < 1.29 is 4.74 Å². The van der Waals surface area contributed by atoms with Crippen LogP contribution >= 0.6 is 15.9 Å². The zero-order valence-electron chi connectivity index (χ0n) is 9.72. The Kier molecular flexibility index (Phi) is 5.16. The van der Waals surface area contributed by atoms with Gasteiger partial charge in [-0.1, -0.05) is 47.5 Å². The highest BCUT2D eigenvalue weighted by Crippen LogP contribution is 2.24. The maximum atomic E-state index is 5.96. The summed E-state index contributed by atoms with van der Waals surface area (Å²) in [4.78, 5) is 0. The van der Waals surface area contributed by atoms with Gasteiger partial charge in [-0.2, -0.15) is 0 Å². The summed E-state index contributed by atoms with van der Waals surface area (Å²) in [5, 5.41) is 0.851. The van der Waals surface area contributed by atoms with Gasteiger partial charge in [-0.15, -0.1) is 0 Å². The van der Waals surface area contributed by atoms with Gasteiger partial charge in [-0.25, -0.2) is 0 Å². The molecule has 1 rings (SSSR count). The lowest BCUT2D eigenvalue weighted by Crippen LogP contribution is -2.14. The molecule has 0 radical (unpaired) electrons. The Labute approximate surface area is 101 Å². The van der Waals surface area contributed by atoms with Crippen molar-refractivity contribution in [3.63, 3.8) is 0 Å². The summed E-state index contributed by atoms with van der Waals surface area (Å²) in [7, 11) is 0. The lowest BCUT2D eigenvalue weighted by molar-refractivity contribution is 0.191. The minimum absolute atomic E-state index is 0.338. The lowest BCUT2D eigenvalue weighted by Gasteiger charge is -2.18. The quantitative estimate of drug-likeness (QED) is 0.718. The predicted molar refractivity (Wildman–Crippen MR) is 68.8 cm³/mol. The molecule has 0 heterocycles. The first-order valence-electron chi connectivity index (χ1n) is 5.53. The van der Waals surface area contributed by atoms with Gasteiger partial charge in [0.15, 0.2) is 0 Å². The topological polar surface area (TPSA) is 9.23 Å². The van der Waals surface area contributed by atoms with Crippen LogP contribution in [-0.4, -0.2) is 6.10 Å². The molecule has 0 aliphatic carbocycles. The third-order valence-electron chi connectivity index (χ3n) is 2.56. The maximum Gasteiger partial charge on any atom is 0.123 e. The fourth-order valence-electron chi connectivity index (χ4n) is 1.56. The molecule has 1 nitrogen and oxygen atoms in total. The minimum Gasteiger partial charge on any atom is -0.490 e. The summed E-state index contributed by atoms with van der Waals surface area (Å²) in [6.45, 7) is 6.43. The largest absolute Gasteiger partial charge is 0.490 e. The van der Waals surface area contributed by atoms with Gasteiger partial charge in [-0.3, -0.25) is 0 Å². The van der Waals surface area contributed by atoms with Crippen molar-refractivity contribution in [1.82, 2.24) is 0 Å². The highest BCUT2D eigenvalue weighted by atomic mass is 79.9. The van der Waals surface area contributed by atoms with E-state index >= 15 is 0 Å². The van der Waals surface area contributed by atoms with Crippen LogP contribution in [-0.2, 0) is 5.33 Å². The normalized spacial score (nSPS) is 10.7. The van der Waals surface area contributed by atoms with Gasteiger partial charge in [0.25, 0.3) is 0 Å². The molecule has 0 atom stereocenters. The van der Waals surface area contributed by atoms with Gasteiger partial charge < -0.3 is 4.74 Å². The van der Waals surface area contributed by atoms with Crippen molar-refractivity contribution in [2.24, 2.45) is 0 Å². The Morgan fingerprint density at radius 2 is 1.93 bits per heavy atom. The van der Waals surface area contributed by atoms with Crippen LogP contribution in [0.25, 0.3) is 0 Å². The summed E-state index contributed by atoms with van der Waals surface area (Å²) >= 11 is 3.50. The Balaban J connectivity index is 2.83. The Morgan fingerprint density at radius 1 is 1.27 bits per heavy atom. The maximum absolute atomic E-state index is 5.96. The van der Waals surface area contributed by atoms with Crippen LogP contribution in [0.15, 0.2) is 18.2 Å². The fraction of sp³-hybridized carbons (Fsp3) is 0.538. The highest BCUT2D eigenvalue weighted by molar-refractivity contribution is 9.08. The van der Waals surface area contributed by atoms with Gasteiger partial charge >= 0.3 is 0 Å². The fourth-order valence-corrected chi connectivity index (χ4v) is 2.00. The molecule has 2 heteroatoms. The molecule has 15 heavy (non-hydrogen) atoms. The molecular weight excluding hydrogens is 252 g/mol. The third-order valence-corrected chi connectivity index (χ3v) is 3.17.